The number of fused-ring (bicyclic) bond motifs is 1. The number of hydrogen-bond acceptors (Lipinski definition) is 5. The second-order valence-corrected chi connectivity index (χ2v) is 6.32. The minimum Gasteiger partial charge on any atom is -0.493 e. The Bertz CT molecular complexity index is 1060. The number of carbonyl (C=O) groups excluding carboxylic acids is 2. The molecular weight excluding hydrogens is 372 g/mol. The van der Waals surface area contributed by atoms with E-state index in [0.29, 0.717) is 17.1 Å². The second-order valence-electron chi connectivity index (χ2n) is 6.32. The third kappa shape index (κ3) is 4.73. The molecule has 0 spiro atoms. The van der Waals surface area contributed by atoms with Gasteiger partial charge in [-0.15, -0.1) is 0 Å². The molecule has 29 heavy (non-hydrogen) atoms. The van der Waals surface area contributed by atoms with Gasteiger partial charge in [-0.1, -0.05) is 6.07 Å². The molecule has 3 rings (SSSR count). The summed E-state index contributed by atoms with van der Waals surface area (Å²) < 4.78 is 10.3. The number of aromatic nitrogens is 1. The molecule has 0 radical (unpaired) electrons. The Balaban J connectivity index is 1.57. The number of H-pyrrole nitrogens is 1. The summed E-state index contributed by atoms with van der Waals surface area (Å²) in [4.78, 5) is 27.7. The number of nitrogens with zero attached hydrogens (tertiary/aromatic N) is 1. The first kappa shape index (κ1) is 19.9. The predicted molar refractivity (Wildman–Crippen MR) is 111 cm³/mol. The summed E-state index contributed by atoms with van der Waals surface area (Å²) in [6.07, 6.45) is 3.41. The van der Waals surface area contributed by atoms with E-state index in [1.807, 2.05) is 30.5 Å². The van der Waals surface area contributed by atoms with E-state index in [-0.39, 0.29) is 0 Å². The monoisotopic (exact) mass is 394 g/mol. The first-order chi connectivity index (χ1) is 14.0. The number of rotatable bonds is 7. The van der Waals surface area contributed by atoms with Crippen LogP contribution in [0.1, 0.15) is 22.8 Å². The molecule has 0 saturated heterocycles. The highest BCUT2D eigenvalue weighted by molar-refractivity contribution is 5.98. The van der Waals surface area contributed by atoms with Crippen LogP contribution in [0.25, 0.3) is 10.9 Å². The zero-order chi connectivity index (χ0) is 20.8. The summed E-state index contributed by atoms with van der Waals surface area (Å²) in [5, 5.41) is 7.64. The van der Waals surface area contributed by atoms with E-state index in [1.165, 1.54) is 14.2 Å². The van der Waals surface area contributed by atoms with E-state index in [1.54, 1.807) is 31.3 Å². The molecule has 1 heterocycles. The second kappa shape index (κ2) is 8.92. The number of hydrazone groups is 1. The Morgan fingerprint density at radius 2 is 1.86 bits per heavy atom. The van der Waals surface area contributed by atoms with Gasteiger partial charge in [-0.3, -0.25) is 9.59 Å². The molecule has 2 aromatic carbocycles. The molecule has 0 fully saturated rings. The smallest absolute Gasteiger partial charge is 0.262 e. The van der Waals surface area contributed by atoms with Gasteiger partial charge < -0.3 is 19.8 Å². The number of nitrogens with one attached hydrogen (secondary N) is 3. The van der Waals surface area contributed by atoms with Gasteiger partial charge in [0.1, 0.15) is 6.04 Å². The summed E-state index contributed by atoms with van der Waals surface area (Å²) in [5.74, 6) is 0.108. The van der Waals surface area contributed by atoms with Gasteiger partial charge >= 0.3 is 0 Å². The van der Waals surface area contributed by atoms with Crippen LogP contribution >= 0.6 is 0 Å². The minimum atomic E-state index is -0.778. The Hall–Kier alpha value is -3.81. The molecule has 1 aromatic heterocycles. The molecule has 8 nitrogen and oxygen atoms in total. The molecule has 0 aliphatic heterocycles. The maximum absolute atomic E-state index is 12.4. The van der Waals surface area contributed by atoms with Crippen LogP contribution in [0, 0.1) is 0 Å². The van der Waals surface area contributed by atoms with Crippen molar-refractivity contribution in [2.75, 3.05) is 14.2 Å². The van der Waals surface area contributed by atoms with Crippen molar-refractivity contribution >= 4 is 28.9 Å². The van der Waals surface area contributed by atoms with E-state index in [4.69, 9.17) is 9.47 Å². The fourth-order valence-corrected chi connectivity index (χ4v) is 2.74. The maximum Gasteiger partial charge on any atom is 0.262 e. The molecule has 0 aliphatic rings. The lowest BCUT2D eigenvalue weighted by Gasteiger charge is -2.13. The fraction of sp³-hybridized carbons (Fsp3) is 0.190. The van der Waals surface area contributed by atoms with Crippen LogP contribution in [0.3, 0.4) is 0 Å². The number of hydrogen-bond donors (Lipinski definition) is 3. The first-order valence-corrected chi connectivity index (χ1v) is 8.94. The maximum atomic E-state index is 12.4. The minimum absolute atomic E-state index is 0.352. The summed E-state index contributed by atoms with van der Waals surface area (Å²) in [7, 11) is 3.00. The molecule has 3 N–H and O–H groups in total. The number of aromatic amines is 1. The molecule has 0 aliphatic carbocycles. The lowest BCUT2D eigenvalue weighted by atomic mass is 10.1. The van der Waals surface area contributed by atoms with Crippen molar-refractivity contribution in [1.29, 1.82) is 0 Å². The van der Waals surface area contributed by atoms with Crippen LogP contribution < -0.4 is 20.2 Å². The Morgan fingerprint density at radius 1 is 1.07 bits per heavy atom. The molecule has 150 valence electrons. The highest BCUT2D eigenvalue weighted by Crippen LogP contribution is 2.27. The Kier molecular flexibility index (Phi) is 6.13. The molecular formula is C21H22N4O4. The van der Waals surface area contributed by atoms with Gasteiger partial charge in [0.25, 0.3) is 11.8 Å². The van der Waals surface area contributed by atoms with Crippen LogP contribution in [0.2, 0.25) is 0 Å². The number of methoxy groups -OCH3 is 2. The van der Waals surface area contributed by atoms with E-state index in [0.717, 1.165) is 16.5 Å². The van der Waals surface area contributed by atoms with Crippen molar-refractivity contribution in [2.24, 2.45) is 5.10 Å². The van der Waals surface area contributed by atoms with Crippen molar-refractivity contribution in [1.82, 2.24) is 15.7 Å². The van der Waals surface area contributed by atoms with Crippen LogP contribution in [-0.4, -0.2) is 43.3 Å². The average molecular weight is 394 g/mol. The highest BCUT2D eigenvalue weighted by atomic mass is 16.5. The van der Waals surface area contributed by atoms with E-state index in [2.05, 4.69) is 20.8 Å². The number of carbonyl (C=O) groups is 2. The van der Waals surface area contributed by atoms with Gasteiger partial charge in [0.05, 0.1) is 20.4 Å². The van der Waals surface area contributed by atoms with E-state index >= 15 is 0 Å². The van der Waals surface area contributed by atoms with E-state index < -0.39 is 17.9 Å². The highest BCUT2D eigenvalue weighted by Gasteiger charge is 2.17. The topological polar surface area (TPSA) is 105 Å². The van der Waals surface area contributed by atoms with Crippen molar-refractivity contribution in [3.05, 3.63) is 59.8 Å². The van der Waals surface area contributed by atoms with Gasteiger partial charge in [0, 0.05) is 17.3 Å². The van der Waals surface area contributed by atoms with Gasteiger partial charge in [-0.25, -0.2) is 5.43 Å². The SMILES string of the molecule is COc1ccc(C(=O)N[C@@H](C)C(=O)N/N=C/c2ccc3[nH]ccc3c2)cc1OC. The molecule has 8 heteroatoms. The molecule has 3 aromatic rings. The van der Waals surface area contributed by atoms with Crippen LogP contribution in [0.5, 0.6) is 11.5 Å². The normalized spacial score (nSPS) is 12.0. The van der Waals surface area contributed by atoms with Gasteiger partial charge in [0.15, 0.2) is 11.5 Å². The third-order valence-corrected chi connectivity index (χ3v) is 4.35. The number of amides is 2. The summed E-state index contributed by atoms with van der Waals surface area (Å²) in [5.41, 5.74) is 4.66. The summed E-state index contributed by atoms with van der Waals surface area (Å²) >= 11 is 0. The first-order valence-electron chi connectivity index (χ1n) is 8.94. The quantitative estimate of drug-likeness (QED) is 0.423. The Morgan fingerprint density at radius 3 is 2.62 bits per heavy atom. The lowest BCUT2D eigenvalue weighted by molar-refractivity contribution is -0.122. The van der Waals surface area contributed by atoms with Gasteiger partial charge in [-0.05, 0) is 54.3 Å². The standard InChI is InChI=1S/C21H22N4O4/c1-13(24-21(27)16-5-7-18(28-2)19(11-16)29-3)20(26)25-23-12-14-4-6-17-15(10-14)8-9-22-17/h4-13,22H,1-3H3,(H,24,27)(H,25,26)/b23-12+/t13-/m0/s1. The van der Waals surface area contributed by atoms with E-state index in [9.17, 15) is 9.59 Å². The van der Waals surface area contributed by atoms with Crippen LogP contribution in [0.15, 0.2) is 53.8 Å². The molecule has 1 atom stereocenters. The fourth-order valence-electron chi connectivity index (χ4n) is 2.74. The van der Waals surface area contributed by atoms with Crippen molar-refractivity contribution in [3.63, 3.8) is 0 Å². The molecule has 0 unspecified atom stereocenters. The Labute approximate surface area is 167 Å². The average Bonchev–Trinajstić information content (AvgIpc) is 3.20. The zero-order valence-electron chi connectivity index (χ0n) is 16.4. The predicted octanol–water partition coefficient (Wildman–Crippen LogP) is 2.45. The van der Waals surface area contributed by atoms with Crippen molar-refractivity contribution in [3.8, 4) is 11.5 Å². The van der Waals surface area contributed by atoms with Gasteiger partial charge in [-0.2, -0.15) is 5.10 Å². The molecule has 0 bridgehead atoms. The summed E-state index contributed by atoms with van der Waals surface area (Å²) in [6, 6.07) is 11.7. The largest absolute Gasteiger partial charge is 0.493 e. The number of benzene rings is 2. The van der Waals surface area contributed by atoms with Gasteiger partial charge in [0.2, 0.25) is 0 Å². The summed E-state index contributed by atoms with van der Waals surface area (Å²) in [6.45, 7) is 1.58. The zero-order valence-corrected chi connectivity index (χ0v) is 16.4. The lowest BCUT2D eigenvalue weighted by Crippen LogP contribution is -2.43. The number of ether oxygens (including phenoxy) is 2. The van der Waals surface area contributed by atoms with Crippen LogP contribution in [0.4, 0.5) is 0 Å². The molecule has 2 amide bonds. The van der Waals surface area contributed by atoms with Crippen molar-refractivity contribution < 1.29 is 19.1 Å². The van der Waals surface area contributed by atoms with Crippen molar-refractivity contribution in [2.45, 2.75) is 13.0 Å². The molecule has 0 saturated carbocycles. The third-order valence-electron chi connectivity index (χ3n) is 4.35. The van der Waals surface area contributed by atoms with Crippen LogP contribution in [-0.2, 0) is 4.79 Å².